The smallest absolute Gasteiger partial charge is 0.212 e. The molecule has 0 saturated heterocycles. The second kappa shape index (κ2) is 5.03. The molecule has 21 heavy (non-hydrogen) atoms. The molecule has 0 N–H and O–H groups in total. The van der Waals surface area contributed by atoms with Crippen molar-refractivity contribution in [3.05, 3.63) is 66.3 Å². The summed E-state index contributed by atoms with van der Waals surface area (Å²) < 4.78 is 7.56. The highest BCUT2D eigenvalue weighted by molar-refractivity contribution is 7.14. The van der Waals surface area contributed by atoms with E-state index in [0.29, 0.717) is 0 Å². The Morgan fingerprint density at radius 1 is 0.905 bits per heavy atom. The molecule has 0 amide bonds. The van der Waals surface area contributed by atoms with E-state index in [-0.39, 0.29) is 0 Å². The van der Waals surface area contributed by atoms with Crippen molar-refractivity contribution in [2.45, 2.75) is 0 Å². The van der Waals surface area contributed by atoms with E-state index in [1.54, 1.807) is 10.0 Å². The van der Waals surface area contributed by atoms with Crippen molar-refractivity contribution in [3.8, 4) is 22.8 Å². The molecule has 4 aromatic rings. The first-order chi connectivity index (χ1) is 10.4. The van der Waals surface area contributed by atoms with Gasteiger partial charge in [0.2, 0.25) is 4.96 Å². The van der Waals surface area contributed by atoms with E-state index in [0.717, 1.165) is 27.7 Å². The van der Waals surface area contributed by atoms with Crippen molar-refractivity contribution < 1.29 is 4.74 Å². The van der Waals surface area contributed by atoms with Crippen molar-refractivity contribution in [2.75, 3.05) is 0 Å². The molecule has 102 valence electrons. The Morgan fingerprint density at radius 2 is 1.67 bits per heavy atom. The van der Waals surface area contributed by atoms with Crippen LogP contribution in [-0.4, -0.2) is 14.6 Å². The SMILES string of the molecule is c1ccc(Oc2ccc(-c3cn4ncsc4n3)cc2)cc1. The van der Waals surface area contributed by atoms with Crippen molar-refractivity contribution in [1.82, 2.24) is 14.6 Å². The number of imidazole rings is 1. The molecule has 0 spiro atoms. The largest absolute Gasteiger partial charge is 0.457 e. The highest BCUT2D eigenvalue weighted by Gasteiger charge is 2.06. The summed E-state index contributed by atoms with van der Waals surface area (Å²) in [5.74, 6) is 1.64. The van der Waals surface area contributed by atoms with Crippen LogP contribution in [0.15, 0.2) is 66.3 Å². The fraction of sp³-hybridized carbons (Fsp3) is 0. The molecule has 2 aromatic carbocycles. The van der Waals surface area contributed by atoms with E-state index >= 15 is 0 Å². The molecule has 0 aliphatic rings. The molecule has 0 atom stereocenters. The second-order valence-corrected chi connectivity index (χ2v) is 5.34. The van der Waals surface area contributed by atoms with Crippen LogP contribution in [0.1, 0.15) is 0 Å². The minimum Gasteiger partial charge on any atom is -0.457 e. The number of aromatic nitrogens is 3. The topological polar surface area (TPSA) is 39.4 Å². The normalized spacial score (nSPS) is 10.9. The summed E-state index contributed by atoms with van der Waals surface area (Å²) in [6.07, 6.45) is 1.93. The van der Waals surface area contributed by atoms with E-state index in [1.807, 2.05) is 60.8 Å². The van der Waals surface area contributed by atoms with Gasteiger partial charge in [-0.25, -0.2) is 9.50 Å². The van der Waals surface area contributed by atoms with Crippen molar-refractivity contribution in [3.63, 3.8) is 0 Å². The maximum absolute atomic E-state index is 5.78. The number of para-hydroxylation sites is 1. The average molecular weight is 293 g/mol. The molecule has 5 heteroatoms. The third-order valence-corrected chi connectivity index (χ3v) is 3.80. The van der Waals surface area contributed by atoms with Gasteiger partial charge in [0.15, 0.2) is 0 Å². The molecule has 0 unspecified atom stereocenters. The lowest BCUT2D eigenvalue weighted by atomic mass is 10.2. The lowest BCUT2D eigenvalue weighted by molar-refractivity contribution is 0.483. The molecular formula is C16H11N3OS. The number of nitrogens with zero attached hydrogens (tertiary/aromatic N) is 3. The van der Waals surface area contributed by atoms with Crippen LogP contribution >= 0.6 is 11.3 Å². The van der Waals surface area contributed by atoms with Gasteiger partial charge in [-0.3, -0.25) is 0 Å². The summed E-state index contributed by atoms with van der Waals surface area (Å²) in [7, 11) is 0. The van der Waals surface area contributed by atoms with Gasteiger partial charge in [-0.15, -0.1) is 0 Å². The van der Waals surface area contributed by atoms with Crippen LogP contribution < -0.4 is 4.74 Å². The van der Waals surface area contributed by atoms with E-state index in [1.165, 1.54) is 11.3 Å². The molecule has 0 aliphatic carbocycles. The zero-order chi connectivity index (χ0) is 14.1. The Balaban J connectivity index is 1.60. The van der Waals surface area contributed by atoms with Gasteiger partial charge in [-0.2, -0.15) is 5.10 Å². The first-order valence-corrected chi connectivity index (χ1v) is 7.39. The fourth-order valence-electron chi connectivity index (χ4n) is 2.10. The van der Waals surface area contributed by atoms with Crippen LogP contribution in [0.5, 0.6) is 11.5 Å². The van der Waals surface area contributed by atoms with Crippen LogP contribution in [0.25, 0.3) is 16.2 Å². The Labute approximate surface area is 125 Å². The Hall–Kier alpha value is -2.66. The van der Waals surface area contributed by atoms with Gasteiger partial charge >= 0.3 is 0 Å². The Morgan fingerprint density at radius 3 is 2.43 bits per heavy atom. The maximum atomic E-state index is 5.78. The van der Waals surface area contributed by atoms with Gasteiger partial charge in [0, 0.05) is 5.56 Å². The van der Waals surface area contributed by atoms with Crippen LogP contribution in [0, 0.1) is 0 Å². The molecule has 2 heterocycles. The molecule has 0 saturated carbocycles. The summed E-state index contributed by atoms with van der Waals surface area (Å²) in [5.41, 5.74) is 3.75. The van der Waals surface area contributed by atoms with E-state index < -0.39 is 0 Å². The molecule has 4 rings (SSSR count). The zero-order valence-electron chi connectivity index (χ0n) is 11.0. The third-order valence-electron chi connectivity index (χ3n) is 3.12. The van der Waals surface area contributed by atoms with Crippen molar-refractivity contribution in [1.29, 1.82) is 0 Å². The number of hydrogen-bond donors (Lipinski definition) is 0. The van der Waals surface area contributed by atoms with Gasteiger partial charge in [0.25, 0.3) is 0 Å². The summed E-state index contributed by atoms with van der Waals surface area (Å²) in [6, 6.07) is 17.6. The number of benzene rings is 2. The second-order valence-electron chi connectivity index (χ2n) is 4.53. The van der Waals surface area contributed by atoms with Crippen LogP contribution in [0.2, 0.25) is 0 Å². The quantitative estimate of drug-likeness (QED) is 0.567. The molecule has 0 radical (unpaired) electrons. The van der Waals surface area contributed by atoms with Crippen molar-refractivity contribution >= 4 is 16.3 Å². The van der Waals surface area contributed by atoms with Gasteiger partial charge in [0.1, 0.15) is 17.0 Å². The summed E-state index contributed by atoms with van der Waals surface area (Å²) in [5, 5.41) is 4.19. The fourth-order valence-corrected chi connectivity index (χ4v) is 2.70. The summed E-state index contributed by atoms with van der Waals surface area (Å²) in [4.78, 5) is 5.43. The monoisotopic (exact) mass is 293 g/mol. The minimum atomic E-state index is 0.809. The van der Waals surface area contributed by atoms with E-state index in [2.05, 4.69) is 10.1 Å². The predicted molar refractivity (Wildman–Crippen MR) is 82.8 cm³/mol. The first kappa shape index (κ1) is 12.1. The zero-order valence-corrected chi connectivity index (χ0v) is 11.8. The van der Waals surface area contributed by atoms with Crippen LogP contribution in [-0.2, 0) is 0 Å². The first-order valence-electron chi connectivity index (χ1n) is 6.51. The van der Waals surface area contributed by atoms with Crippen LogP contribution in [0.4, 0.5) is 0 Å². The summed E-state index contributed by atoms with van der Waals surface area (Å²) >= 11 is 1.52. The molecule has 2 aromatic heterocycles. The van der Waals surface area contributed by atoms with Gasteiger partial charge < -0.3 is 4.74 Å². The van der Waals surface area contributed by atoms with E-state index in [9.17, 15) is 0 Å². The average Bonchev–Trinajstić information content (AvgIpc) is 3.10. The Kier molecular flexibility index (Phi) is 2.90. The van der Waals surface area contributed by atoms with Gasteiger partial charge in [0.05, 0.1) is 11.9 Å². The number of fused-ring (bicyclic) bond motifs is 1. The highest BCUT2D eigenvalue weighted by atomic mass is 32.1. The molecule has 0 aliphatic heterocycles. The lowest BCUT2D eigenvalue weighted by Gasteiger charge is -2.05. The minimum absolute atomic E-state index is 0.809. The molecule has 0 bridgehead atoms. The third kappa shape index (κ3) is 2.39. The van der Waals surface area contributed by atoms with Gasteiger partial charge in [-0.1, -0.05) is 29.5 Å². The van der Waals surface area contributed by atoms with Gasteiger partial charge in [-0.05, 0) is 36.4 Å². The number of hydrogen-bond acceptors (Lipinski definition) is 4. The molecule has 0 fully saturated rings. The standard InChI is InChI=1S/C16H11N3OS/c1-2-4-13(5-3-1)20-14-8-6-12(7-9-14)15-10-19-16(18-15)21-11-17-19/h1-11H. The number of rotatable bonds is 3. The summed E-state index contributed by atoms with van der Waals surface area (Å²) in [6.45, 7) is 0. The molecular weight excluding hydrogens is 282 g/mol. The number of ether oxygens (including phenoxy) is 1. The highest BCUT2D eigenvalue weighted by Crippen LogP contribution is 2.25. The lowest BCUT2D eigenvalue weighted by Crippen LogP contribution is -1.84. The van der Waals surface area contributed by atoms with Crippen molar-refractivity contribution in [2.24, 2.45) is 0 Å². The predicted octanol–water partition coefficient (Wildman–Crippen LogP) is 4.25. The maximum Gasteiger partial charge on any atom is 0.212 e. The molecule has 4 nitrogen and oxygen atoms in total. The van der Waals surface area contributed by atoms with Crippen LogP contribution in [0.3, 0.4) is 0 Å². The Bertz CT molecular complexity index is 837. The van der Waals surface area contributed by atoms with E-state index in [4.69, 9.17) is 4.74 Å².